The fraction of sp³-hybridized carbons (Fsp3) is 0.250. The molecule has 2 nitrogen and oxygen atoms in total. The molecule has 0 radical (unpaired) electrons. The number of carbonyl (C=O) groups is 1. The molecule has 1 aromatic heterocycles. The van der Waals surface area contributed by atoms with Crippen molar-refractivity contribution in [2.75, 3.05) is 0 Å². The van der Waals surface area contributed by atoms with Crippen LogP contribution < -0.4 is 0 Å². The molecule has 1 saturated carbocycles. The van der Waals surface area contributed by atoms with Crippen molar-refractivity contribution in [1.29, 1.82) is 0 Å². The fourth-order valence-electron chi connectivity index (χ4n) is 3.68. The summed E-state index contributed by atoms with van der Waals surface area (Å²) in [4.78, 5) is 16.2. The van der Waals surface area contributed by atoms with E-state index in [-0.39, 0.29) is 11.8 Å². The predicted molar refractivity (Wildman–Crippen MR) is 89.2 cm³/mol. The third-order valence-electron chi connectivity index (χ3n) is 4.91. The number of carbonyl (C=O) groups excluding carboxylic acids is 1. The second-order valence-corrected chi connectivity index (χ2v) is 6.29. The molecule has 4 rings (SSSR count). The molecular formula is C20H19NO. The summed E-state index contributed by atoms with van der Waals surface area (Å²) in [5.41, 5.74) is 4.68. The third-order valence-corrected chi connectivity index (χ3v) is 4.91. The molecule has 1 fully saturated rings. The van der Waals surface area contributed by atoms with Gasteiger partial charge < -0.3 is 4.98 Å². The highest BCUT2D eigenvalue weighted by Gasteiger charge is 2.36. The van der Waals surface area contributed by atoms with Crippen LogP contribution in [0, 0.1) is 6.92 Å². The summed E-state index contributed by atoms with van der Waals surface area (Å²) < 4.78 is 0. The topological polar surface area (TPSA) is 32.9 Å². The lowest BCUT2D eigenvalue weighted by atomic mass is 9.91. The Bertz CT molecular complexity index is 828. The van der Waals surface area contributed by atoms with Crippen molar-refractivity contribution in [3.05, 3.63) is 71.4 Å². The zero-order valence-electron chi connectivity index (χ0n) is 12.7. The van der Waals surface area contributed by atoms with Crippen molar-refractivity contribution in [2.24, 2.45) is 0 Å². The summed E-state index contributed by atoms with van der Waals surface area (Å²) in [5.74, 6) is 0.454. The van der Waals surface area contributed by atoms with Crippen molar-refractivity contribution >= 4 is 16.7 Å². The van der Waals surface area contributed by atoms with E-state index in [0.717, 1.165) is 29.5 Å². The number of H-pyrrole nitrogens is 1. The monoisotopic (exact) mass is 289 g/mol. The molecule has 3 aromatic rings. The van der Waals surface area contributed by atoms with Crippen LogP contribution in [0.1, 0.15) is 41.4 Å². The number of aromatic nitrogens is 1. The number of aryl methyl sites for hydroxylation is 1. The van der Waals surface area contributed by atoms with Crippen molar-refractivity contribution in [3.8, 4) is 0 Å². The molecule has 0 unspecified atom stereocenters. The molecule has 0 bridgehead atoms. The Hall–Kier alpha value is -2.35. The molecule has 22 heavy (non-hydrogen) atoms. The highest BCUT2D eigenvalue weighted by molar-refractivity contribution is 5.98. The summed E-state index contributed by atoms with van der Waals surface area (Å²) in [6.07, 6.45) is 3.91. The summed E-state index contributed by atoms with van der Waals surface area (Å²) in [6.45, 7) is 2.08. The third kappa shape index (κ3) is 2.07. The Morgan fingerprint density at radius 2 is 1.68 bits per heavy atom. The van der Waals surface area contributed by atoms with Gasteiger partial charge in [-0.05, 0) is 37.0 Å². The van der Waals surface area contributed by atoms with E-state index in [1.807, 2.05) is 18.3 Å². The standard InChI is InChI=1S/C20H19NO/c1-13-6-8-14(9-7-13)15-10-11-17(20(15)22)18-12-21-19-5-3-2-4-16(18)19/h2-9,12,15,17,21H,10-11H2,1H3/t15-,17-/m1/s1. The van der Waals surface area contributed by atoms with Crippen LogP contribution in [0.5, 0.6) is 0 Å². The average Bonchev–Trinajstić information content (AvgIpc) is 3.12. The zero-order chi connectivity index (χ0) is 15.1. The second kappa shape index (κ2) is 5.13. The van der Waals surface area contributed by atoms with E-state index in [1.54, 1.807) is 0 Å². The van der Waals surface area contributed by atoms with Gasteiger partial charge in [0, 0.05) is 28.9 Å². The Morgan fingerprint density at radius 1 is 0.955 bits per heavy atom. The van der Waals surface area contributed by atoms with Crippen LogP contribution in [-0.2, 0) is 4.79 Å². The molecule has 0 aliphatic heterocycles. The molecule has 1 aliphatic carbocycles. The van der Waals surface area contributed by atoms with E-state index in [2.05, 4.69) is 48.3 Å². The van der Waals surface area contributed by atoms with E-state index in [4.69, 9.17) is 0 Å². The highest BCUT2D eigenvalue weighted by atomic mass is 16.1. The predicted octanol–water partition coefficient (Wildman–Crippen LogP) is 4.71. The maximum absolute atomic E-state index is 12.9. The van der Waals surface area contributed by atoms with Crippen LogP contribution in [-0.4, -0.2) is 10.8 Å². The van der Waals surface area contributed by atoms with Gasteiger partial charge in [-0.2, -0.15) is 0 Å². The Labute approximate surface area is 130 Å². The fourth-order valence-corrected chi connectivity index (χ4v) is 3.68. The number of para-hydroxylation sites is 1. The summed E-state index contributed by atoms with van der Waals surface area (Å²) in [7, 11) is 0. The first-order valence-electron chi connectivity index (χ1n) is 7.90. The summed E-state index contributed by atoms with van der Waals surface area (Å²) >= 11 is 0. The minimum absolute atomic E-state index is 0.0300. The number of fused-ring (bicyclic) bond motifs is 1. The molecule has 1 heterocycles. The van der Waals surface area contributed by atoms with Crippen molar-refractivity contribution < 1.29 is 4.79 Å². The number of hydrogen-bond acceptors (Lipinski definition) is 1. The summed E-state index contributed by atoms with van der Waals surface area (Å²) in [5, 5.41) is 1.19. The molecule has 1 N–H and O–H groups in total. The van der Waals surface area contributed by atoms with Gasteiger partial charge in [0.15, 0.2) is 0 Å². The van der Waals surface area contributed by atoms with E-state index in [9.17, 15) is 4.79 Å². The van der Waals surface area contributed by atoms with Gasteiger partial charge in [-0.25, -0.2) is 0 Å². The van der Waals surface area contributed by atoms with Gasteiger partial charge in [0.25, 0.3) is 0 Å². The van der Waals surface area contributed by atoms with Crippen LogP contribution in [0.3, 0.4) is 0 Å². The molecule has 0 amide bonds. The van der Waals surface area contributed by atoms with Gasteiger partial charge in [0.2, 0.25) is 0 Å². The maximum atomic E-state index is 12.9. The first-order valence-corrected chi connectivity index (χ1v) is 7.90. The van der Waals surface area contributed by atoms with E-state index in [0.29, 0.717) is 5.78 Å². The lowest BCUT2D eigenvalue weighted by Gasteiger charge is -2.11. The van der Waals surface area contributed by atoms with E-state index < -0.39 is 0 Å². The van der Waals surface area contributed by atoms with Crippen LogP contribution >= 0.6 is 0 Å². The minimum Gasteiger partial charge on any atom is -0.361 e. The van der Waals surface area contributed by atoms with Crippen molar-refractivity contribution in [3.63, 3.8) is 0 Å². The molecule has 2 heteroatoms. The van der Waals surface area contributed by atoms with Gasteiger partial charge in [-0.15, -0.1) is 0 Å². The lowest BCUT2D eigenvalue weighted by Crippen LogP contribution is -2.11. The minimum atomic E-state index is 0.0300. The van der Waals surface area contributed by atoms with Crippen LogP contribution in [0.2, 0.25) is 0 Å². The Kier molecular flexibility index (Phi) is 3.11. The van der Waals surface area contributed by atoms with Gasteiger partial charge in [0.05, 0.1) is 0 Å². The van der Waals surface area contributed by atoms with Crippen LogP contribution in [0.25, 0.3) is 10.9 Å². The Balaban J connectivity index is 1.68. The largest absolute Gasteiger partial charge is 0.361 e. The number of nitrogens with one attached hydrogen (secondary N) is 1. The highest BCUT2D eigenvalue weighted by Crippen LogP contribution is 2.42. The SMILES string of the molecule is Cc1ccc([C@H]2CC[C@H](c3c[nH]c4ccccc34)C2=O)cc1. The second-order valence-electron chi connectivity index (χ2n) is 6.29. The molecule has 0 saturated heterocycles. The number of benzene rings is 2. The quantitative estimate of drug-likeness (QED) is 0.728. The number of aromatic amines is 1. The number of hydrogen-bond donors (Lipinski definition) is 1. The van der Waals surface area contributed by atoms with Crippen LogP contribution in [0.15, 0.2) is 54.7 Å². The van der Waals surface area contributed by atoms with Gasteiger partial charge in [0.1, 0.15) is 5.78 Å². The average molecular weight is 289 g/mol. The first kappa shape index (κ1) is 13.3. The number of rotatable bonds is 2. The molecule has 2 atom stereocenters. The maximum Gasteiger partial charge on any atom is 0.147 e. The summed E-state index contributed by atoms with van der Waals surface area (Å²) in [6, 6.07) is 16.6. The number of Topliss-reactive ketones (excluding diaryl/α,β-unsaturated/α-hetero) is 1. The molecule has 0 spiro atoms. The smallest absolute Gasteiger partial charge is 0.147 e. The van der Waals surface area contributed by atoms with Crippen LogP contribution in [0.4, 0.5) is 0 Å². The lowest BCUT2D eigenvalue weighted by molar-refractivity contribution is -0.119. The van der Waals surface area contributed by atoms with Crippen molar-refractivity contribution in [1.82, 2.24) is 4.98 Å². The Morgan fingerprint density at radius 3 is 2.50 bits per heavy atom. The van der Waals surface area contributed by atoms with E-state index in [1.165, 1.54) is 10.9 Å². The van der Waals surface area contributed by atoms with Gasteiger partial charge >= 0.3 is 0 Å². The van der Waals surface area contributed by atoms with E-state index >= 15 is 0 Å². The molecule has 1 aliphatic rings. The van der Waals surface area contributed by atoms with Gasteiger partial charge in [-0.1, -0.05) is 48.0 Å². The molecule has 2 aromatic carbocycles. The zero-order valence-corrected chi connectivity index (χ0v) is 12.7. The first-order chi connectivity index (χ1) is 10.7. The molecule has 110 valence electrons. The number of ketones is 1. The van der Waals surface area contributed by atoms with Crippen molar-refractivity contribution in [2.45, 2.75) is 31.6 Å². The normalized spacial score (nSPS) is 21.6. The van der Waals surface area contributed by atoms with Gasteiger partial charge in [-0.3, -0.25) is 4.79 Å². The molecular weight excluding hydrogens is 270 g/mol.